The van der Waals surface area contributed by atoms with Crippen LogP contribution >= 0.6 is 0 Å². The summed E-state index contributed by atoms with van der Waals surface area (Å²) in [5, 5.41) is 2.99. The Kier molecular flexibility index (Phi) is 6.62. The number of hydrogen-bond donors (Lipinski definition) is 1. The molecular formula is C20H30N2O5S. The van der Waals surface area contributed by atoms with Crippen LogP contribution in [0.5, 0.6) is 5.75 Å². The van der Waals surface area contributed by atoms with Gasteiger partial charge in [-0.25, -0.2) is 12.7 Å². The van der Waals surface area contributed by atoms with E-state index in [0.29, 0.717) is 45.5 Å². The van der Waals surface area contributed by atoms with Crippen LogP contribution in [0.25, 0.3) is 0 Å². The van der Waals surface area contributed by atoms with Crippen molar-refractivity contribution in [1.29, 1.82) is 0 Å². The molecule has 8 heteroatoms. The lowest BCUT2D eigenvalue weighted by atomic mass is 9.78. The number of carbonyl (C=O) groups is 1. The number of para-hydroxylation sites is 1. The summed E-state index contributed by atoms with van der Waals surface area (Å²) < 4.78 is 36.4. The second kappa shape index (κ2) is 8.80. The Balaban J connectivity index is 1.50. The lowest BCUT2D eigenvalue weighted by Gasteiger charge is -2.45. The molecule has 0 aliphatic carbocycles. The molecule has 2 heterocycles. The van der Waals surface area contributed by atoms with E-state index < -0.39 is 10.0 Å². The third-order valence-corrected chi connectivity index (χ3v) is 7.14. The number of nitrogens with zero attached hydrogens (tertiary/aromatic N) is 1. The van der Waals surface area contributed by atoms with E-state index in [-0.39, 0.29) is 17.4 Å². The molecular weight excluding hydrogens is 380 g/mol. The van der Waals surface area contributed by atoms with Crippen molar-refractivity contribution in [2.75, 3.05) is 33.1 Å². The van der Waals surface area contributed by atoms with Crippen molar-refractivity contribution >= 4 is 15.9 Å². The van der Waals surface area contributed by atoms with E-state index in [1.54, 1.807) is 7.11 Å². The van der Waals surface area contributed by atoms with Crippen LogP contribution < -0.4 is 10.1 Å². The maximum Gasteiger partial charge on any atom is 0.220 e. The van der Waals surface area contributed by atoms with Crippen LogP contribution in [0.4, 0.5) is 0 Å². The Hall–Kier alpha value is -1.64. The van der Waals surface area contributed by atoms with Gasteiger partial charge in [0.2, 0.25) is 15.9 Å². The maximum atomic E-state index is 12.5. The van der Waals surface area contributed by atoms with Crippen LogP contribution in [0.1, 0.15) is 37.7 Å². The number of nitrogens with one attached hydrogen (secondary N) is 1. The molecule has 2 aliphatic rings. The predicted octanol–water partition coefficient (Wildman–Crippen LogP) is 1.92. The van der Waals surface area contributed by atoms with Crippen molar-refractivity contribution in [3.63, 3.8) is 0 Å². The van der Waals surface area contributed by atoms with E-state index in [4.69, 9.17) is 9.47 Å². The number of benzene rings is 1. The second-order valence-corrected chi connectivity index (χ2v) is 9.83. The Morgan fingerprint density at radius 3 is 2.71 bits per heavy atom. The molecule has 0 radical (unpaired) electrons. The quantitative estimate of drug-likeness (QED) is 0.775. The van der Waals surface area contributed by atoms with Gasteiger partial charge in [-0.3, -0.25) is 4.79 Å². The molecule has 2 fully saturated rings. The molecule has 1 N–H and O–H groups in total. The van der Waals surface area contributed by atoms with Crippen molar-refractivity contribution in [2.45, 2.75) is 44.2 Å². The molecule has 1 unspecified atom stereocenters. The second-order valence-electron chi connectivity index (χ2n) is 7.85. The van der Waals surface area contributed by atoms with E-state index in [1.807, 2.05) is 24.3 Å². The molecule has 1 aromatic rings. The largest absolute Gasteiger partial charge is 0.496 e. The van der Waals surface area contributed by atoms with Gasteiger partial charge >= 0.3 is 0 Å². The Bertz CT molecular complexity index is 788. The molecule has 0 aromatic heterocycles. The van der Waals surface area contributed by atoms with Gasteiger partial charge in [-0.1, -0.05) is 18.2 Å². The molecule has 1 amide bonds. The smallest absolute Gasteiger partial charge is 0.220 e. The van der Waals surface area contributed by atoms with Crippen molar-refractivity contribution in [1.82, 2.24) is 9.62 Å². The molecule has 2 saturated heterocycles. The van der Waals surface area contributed by atoms with Gasteiger partial charge in [-0.05, 0) is 37.7 Å². The van der Waals surface area contributed by atoms with Gasteiger partial charge < -0.3 is 14.8 Å². The zero-order valence-electron chi connectivity index (χ0n) is 16.6. The molecule has 3 rings (SSSR count). The monoisotopic (exact) mass is 410 g/mol. The normalized spacial score (nSPS) is 22.7. The molecule has 0 saturated carbocycles. The highest BCUT2D eigenvalue weighted by Crippen LogP contribution is 2.39. The summed E-state index contributed by atoms with van der Waals surface area (Å²) in [5.41, 5.74) is 0.669. The minimum absolute atomic E-state index is 0.0292. The van der Waals surface area contributed by atoms with Crippen molar-refractivity contribution < 1.29 is 22.7 Å². The van der Waals surface area contributed by atoms with Crippen LogP contribution in [0.15, 0.2) is 24.3 Å². The van der Waals surface area contributed by atoms with Gasteiger partial charge in [0.25, 0.3) is 0 Å². The van der Waals surface area contributed by atoms with Crippen molar-refractivity contribution in [3.8, 4) is 5.75 Å². The van der Waals surface area contributed by atoms with E-state index in [0.717, 1.165) is 24.2 Å². The molecule has 0 bridgehead atoms. The van der Waals surface area contributed by atoms with Crippen LogP contribution in [0.3, 0.4) is 0 Å². The number of amides is 1. The number of sulfonamides is 1. The molecule has 156 valence electrons. The molecule has 7 nitrogen and oxygen atoms in total. The van der Waals surface area contributed by atoms with Crippen molar-refractivity contribution in [3.05, 3.63) is 29.8 Å². The molecule has 28 heavy (non-hydrogen) atoms. The summed E-state index contributed by atoms with van der Waals surface area (Å²) in [6.07, 6.45) is 4.78. The average molecular weight is 411 g/mol. The Morgan fingerprint density at radius 1 is 1.32 bits per heavy atom. The van der Waals surface area contributed by atoms with E-state index in [1.165, 1.54) is 10.6 Å². The van der Waals surface area contributed by atoms with Crippen LogP contribution in [-0.4, -0.2) is 57.3 Å². The van der Waals surface area contributed by atoms with Crippen LogP contribution in [0, 0.1) is 5.92 Å². The summed E-state index contributed by atoms with van der Waals surface area (Å²) in [6.45, 7) is 2.06. The minimum Gasteiger partial charge on any atom is -0.496 e. The van der Waals surface area contributed by atoms with Gasteiger partial charge in [0.15, 0.2) is 0 Å². The first-order chi connectivity index (χ1) is 13.3. The Labute approximate surface area is 167 Å². The zero-order valence-corrected chi connectivity index (χ0v) is 17.5. The lowest BCUT2D eigenvalue weighted by Crippen LogP contribution is -2.50. The van der Waals surface area contributed by atoms with Gasteiger partial charge in [-0.2, -0.15) is 0 Å². The number of methoxy groups -OCH3 is 1. The fourth-order valence-corrected chi connectivity index (χ4v) is 5.10. The number of ether oxygens (including phenoxy) is 2. The lowest BCUT2D eigenvalue weighted by molar-refractivity contribution is -0.132. The summed E-state index contributed by atoms with van der Waals surface area (Å²) >= 11 is 0. The zero-order chi connectivity index (χ0) is 20.2. The van der Waals surface area contributed by atoms with E-state index in [9.17, 15) is 13.2 Å². The van der Waals surface area contributed by atoms with Gasteiger partial charge in [0.1, 0.15) is 5.75 Å². The highest BCUT2D eigenvalue weighted by molar-refractivity contribution is 7.88. The first-order valence-electron chi connectivity index (χ1n) is 9.79. The van der Waals surface area contributed by atoms with E-state index >= 15 is 0 Å². The minimum atomic E-state index is -3.15. The highest BCUT2D eigenvalue weighted by Gasteiger charge is 2.42. The standard InChI is InChI=1S/C20H30N2O5S/c1-26-18-6-4-3-5-17(18)15-21-19(23)13-16-7-12-27-20(14-16)8-10-22(11-9-20)28(2,24)25/h3-6,16H,7-15H2,1-2H3,(H,21,23). The van der Waals surface area contributed by atoms with Crippen molar-refractivity contribution in [2.24, 2.45) is 5.92 Å². The molecule has 1 spiro atoms. The maximum absolute atomic E-state index is 12.5. The van der Waals surface area contributed by atoms with Gasteiger partial charge in [0, 0.05) is 38.2 Å². The molecule has 1 atom stereocenters. The topological polar surface area (TPSA) is 84.9 Å². The first kappa shape index (κ1) is 21.1. The summed E-state index contributed by atoms with van der Waals surface area (Å²) in [7, 11) is -1.53. The summed E-state index contributed by atoms with van der Waals surface area (Å²) in [4.78, 5) is 12.5. The fraction of sp³-hybridized carbons (Fsp3) is 0.650. The SMILES string of the molecule is COc1ccccc1CNC(=O)CC1CCOC2(CCN(S(C)(=O)=O)CC2)C1. The molecule has 2 aliphatic heterocycles. The highest BCUT2D eigenvalue weighted by atomic mass is 32.2. The average Bonchev–Trinajstić information content (AvgIpc) is 2.66. The summed E-state index contributed by atoms with van der Waals surface area (Å²) in [5.74, 6) is 1.06. The fourth-order valence-electron chi connectivity index (χ4n) is 4.25. The van der Waals surface area contributed by atoms with Gasteiger partial charge in [-0.15, -0.1) is 0 Å². The summed E-state index contributed by atoms with van der Waals surface area (Å²) in [6, 6.07) is 7.65. The number of rotatable bonds is 6. The third kappa shape index (κ3) is 5.24. The predicted molar refractivity (Wildman–Crippen MR) is 107 cm³/mol. The van der Waals surface area contributed by atoms with E-state index in [2.05, 4.69) is 5.32 Å². The number of piperidine rings is 1. The first-order valence-corrected chi connectivity index (χ1v) is 11.6. The molecule has 1 aromatic carbocycles. The number of carbonyl (C=O) groups excluding carboxylic acids is 1. The van der Waals surface area contributed by atoms with Crippen LogP contribution in [-0.2, 0) is 26.1 Å². The van der Waals surface area contributed by atoms with Crippen LogP contribution in [0.2, 0.25) is 0 Å². The van der Waals surface area contributed by atoms with Gasteiger partial charge in [0.05, 0.1) is 19.0 Å². The number of hydrogen-bond acceptors (Lipinski definition) is 5. The third-order valence-electron chi connectivity index (χ3n) is 5.84. The Morgan fingerprint density at radius 2 is 2.04 bits per heavy atom.